The summed E-state index contributed by atoms with van der Waals surface area (Å²) in [7, 11) is 0. The number of amides is 1. The second-order valence-corrected chi connectivity index (χ2v) is 5.14. The molecule has 3 aromatic rings. The molecule has 0 fully saturated rings. The Balaban J connectivity index is 1.69. The Labute approximate surface area is 136 Å². The van der Waals surface area contributed by atoms with Crippen LogP contribution in [-0.2, 0) is 6.54 Å². The molecule has 0 aliphatic carbocycles. The Bertz CT molecular complexity index is 833. The summed E-state index contributed by atoms with van der Waals surface area (Å²) in [6.07, 6.45) is 0. The number of carbonyl (C=O) groups is 1. The van der Waals surface area contributed by atoms with Crippen molar-refractivity contribution in [2.24, 2.45) is 0 Å². The van der Waals surface area contributed by atoms with Crippen molar-refractivity contribution < 1.29 is 13.6 Å². The number of benzene rings is 2. The molecule has 0 radical (unpaired) electrons. The Hall–Kier alpha value is -2.73. The molecule has 116 valence electrons. The van der Waals surface area contributed by atoms with Crippen LogP contribution in [0.2, 0.25) is 5.02 Å². The van der Waals surface area contributed by atoms with Crippen molar-refractivity contribution in [3.8, 4) is 11.5 Å². The van der Waals surface area contributed by atoms with Gasteiger partial charge in [0, 0.05) is 11.6 Å². The van der Waals surface area contributed by atoms with Gasteiger partial charge >= 0.3 is 11.8 Å². The van der Waals surface area contributed by atoms with Gasteiger partial charge in [0.25, 0.3) is 5.89 Å². The molecular weight excluding hydrogens is 321 g/mol. The molecule has 0 atom stereocenters. The van der Waals surface area contributed by atoms with Gasteiger partial charge in [-0.2, -0.15) is 0 Å². The fourth-order valence-corrected chi connectivity index (χ4v) is 2.04. The smallest absolute Gasteiger partial charge is 0.309 e. The predicted molar refractivity (Wildman–Crippen MR) is 82.3 cm³/mol. The zero-order chi connectivity index (χ0) is 16.2. The molecule has 23 heavy (non-hydrogen) atoms. The number of aromatic nitrogens is 2. The van der Waals surface area contributed by atoms with Gasteiger partial charge in [-0.15, -0.1) is 10.2 Å². The first-order chi connectivity index (χ1) is 11.1. The van der Waals surface area contributed by atoms with Gasteiger partial charge in [0.1, 0.15) is 5.82 Å². The van der Waals surface area contributed by atoms with E-state index >= 15 is 0 Å². The van der Waals surface area contributed by atoms with Gasteiger partial charge in [0.05, 0.1) is 5.56 Å². The van der Waals surface area contributed by atoms with Gasteiger partial charge in [-0.1, -0.05) is 35.9 Å². The minimum atomic E-state index is -0.532. The zero-order valence-corrected chi connectivity index (χ0v) is 12.5. The number of hydrogen-bond acceptors (Lipinski definition) is 4. The highest BCUT2D eigenvalue weighted by molar-refractivity contribution is 6.30. The zero-order valence-electron chi connectivity index (χ0n) is 11.8. The standard InChI is InChI=1S/C16H11ClFN3O2/c17-11-7-5-10(6-8-11)9-19-14(22)16-21-20-15(23-16)12-3-1-2-4-13(12)18/h1-8H,9H2,(H,19,22). The Kier molecular flexibility index (Phi) is 4.34. The third-order valence-electron chi connectivity index (χ3n) is 3.09. The van der Waals surface area contributed by atoms with E-state index in [4.69, 9.17) is 16.0 Å². The third kappa shape index (κ3) is 3.54. The molecule has 0 aliphatic heterocycles. The summed E-state index contributed by atoms with van der Waals surface area (Å²) in [5.41, 5.74) is 1.02. The van der Waals surface area contributed by atoms with Crippen LogP contribution in [0.25, 0.3) is 11.5 Å². The highest BCUT2D eigenvalue weighted by Crippen LogP contribution is 2.20. The number of carbonyl (C=O) groups excluding carboxylic acids is 1. The van der Waals surface area contributed by atoms with Gasteiger partial charge in [-0.25, -0.2) is 4.39 Å². The third-order valence-corrected chi connectivity index (χ3v) is 3.34. The van der Waals surface area contributed by atoms with E-state index in [-0.39, 0.29) is 23.9 Å². The molecule has 0 unspecified atom stereocenters. The minimum Gasteiger partial charge on any atom is -0.412 e. The maximum absolute atomic E-state index is 13.6. The largest absolute Gasteiger partial charge is 0.412 e. The fourth-order valence-electron chi connectivity index (χ4n) is 1.92. The van der Waals surface area contributed by atoms with Crippen molar-refractivity contribution in [2.75, 3.05) is 0 Å². The Morgan fingerprint density at radius 3 is 2.61 bits per heavy atom. The minimum absolute atomic E-state index is 0.0419. The molecule has 0 spiro atoms. The number of halogens is 2. The van der Waals surface area contributed by atoms with Crippen LogP contribution in [0.5, 0.6) is 0 Å². The highest BCUT2D eigenvalue weighted by atomic mass is 35.5. The van der Waals surface area contributed by atoms with E-state index in [0.717, 1.165) is 5.56 Å². The van der Waals surface area contributed by atoms with Crippen LogP contribution in [0.3, 0.4) is 0 Å². The molecule has 1 N–H and O–H groups in total. The summed E-state index contributed by atoms with van der Waals surface area (Å²) in [5, 5.41) is 10.6. The maximum Gasteiger partial charge on any atom is 0.309 e. The lowest BCUT2D eigenvalue weighted by atomic mass is 10.2. The van der Waals surface area contributed by atoms with Crippen molar-refractivity contribution in [1.82, 2.24) is 15.5 Å². The number of hydrogen-bond donors (Lipinski definition) is 1. The molecule has 7 heteroatoms. The van der Waals surface area contributed by atoms with Crippen molar-refractivity contribution in [1.29, 1.82) is 0 Å². The molecule has 0 saturated heterocycles. The highest BCUT2D eigenvalue weighted by Gasteiger charge is 2.17. The second-order valence-electron chi connectivity index (χ2n) is 4.70. The van der Waals surface area contributed by atoms with E-state index in [0.29, 0.717) is 5.02 Å². The molecule has 1 amide bonds. The SMILES string of the molecule is O=C(NCc1ccc(Cl)cc1)c1nnc(-c2ccccc2F)o1. The number of nitrogens with one attached hydrogen (secondary N) is 1. The van der Waals surface area contributed by atoms with Gasteiger partial charge in [0.15, 0.2) is 0 Å². The van der Waals surface area contributed by atoms with Crippen LogP contribution in [0, 0.1) is 5.82 Å². The second kappa shape index (κ2) is 6.58. The summed E-state index contributed by atoms with van der Waals surface area (Å²) in [6.45, 7) is 0.285. The first kappa shape index (κ1) is 15.2. The van der Waals surface area contributed by atoms with Crippen molar-refractivity contribution in [2.45, 2.75) is 6.54 Å². The molecule has 1 heterocycles. The first-order valence-electron chi connectivity index (χ1n) is 6.74. The quantitative estimate of drug-likeness (QED) is 0.795. The van der Waals surface area contributed by atoms with Gasteiger partial charge in [-0.05, 0) is 29.8 Å². The van der Waals surface area contributed by atoms with Gasteiger partial charge < -0.3 is 9.73 Å². The van der Waals surface area contributed by atoms with E-state index in [9.17, 15) is 9.18 Å². The summed E-state index contributed by atoms with van der Waals surface area (Å²) in [6, 6.07) is 13.0. The monoisotopic (exact) mass is 331 g/mol. The summed E-state index contributed by atoms with van der Waals surface area (Å²) in [4.78, 5) is 12.0. The number of rotatable bonds is 4. The Morgan fingerprint density at radius 1 is 1.13 bits per heavy atom. The lowest BCUT2D eigenvalue weighted by molar-refractivity contribution is 0.0917. The molecule has 0 aliphatic rings. The maximum atomic E-state index is 13.6. The van der Waals surface area contributed by atoms with Gasteiger partial charge in [-0.3, -0.25) is 4.79 Å². The van der Waals surface area contributed by atoms with E-state index < -0.39 is 11.7 Å². The van der Waals surface area contributed by atoms with Crippen molar-refractivity contribution >= 4 is 17.5 Å². The summed E-state index contributed by atoms with van der Waals surface area (Å²) >= 11 is 5.79. The summed E-state index contributed by atoms with van der Waals surface area (Å²) < 4.78 is 18.9. The van der Waals surface area contributed by atoms with Crippen molar-refractivity contribution in [3.63, 3.8) is 0 Å². The van der Waals surface area contributed by atoms with Crippen LogP contribution < -0.4 is 5.32 Å². The van der Waals surface area contributed by atoms with E-state index in [1.165, 1.54) is 12.1 Å². The van der Waals surface area contributed by atoms with Gasteiger partial charge in [0.2, 0.25) is 0 Å². The number of nitrogens with zero attached hydrogens (tertiary/aromatic N) is 2. The first-order valence-corrected chi connectivity index (χ1v) is 7.12. The van der Waals surface area contributed by atoms with Crippen LogP contribution in [-0.4, -0.2) is 16.1 Å². The lowest BCUT2D eigenvalue weighted by Gasteiger charge is -2.02. The molecule has 5 nitrogen and oxygen atoms in total. The van der Waals surface area contributed by atoms with Crippen LogP contribution in [0.1, 0.15) is 16.2 Å². The van der Waals surface area contributed by atoms with Crippen molar-refractivity contribution in [3.05, 3.63) is 70.8 Å². The van der Waals surface area contributed by atoms with Crippen LogP contribution in [0.15, 0.2) is 52.9 Å². The molecule has 0 saturated carbocycles. The van der Waals surface area contributed by atoms with Crippen LogP contribution >= 0.6 is 11.6 Å². The topological polar surface area (TPSA) is 68.0 Å². The lowest BCUT2D eigenvalue weighted by Crippen LogP contribution is -2.23. The molecular formula is C16H11ClFN3O2. The normalized spacial score (nSPS) is 10.5. The molecule has 3 rings (SSSR count). The average Bonchev–Trinajstić information content (AvgIpc) is 3.04. The summed E-state index contributed by atoms with van der Waals surface area (Å²) in [5.74, 6) is -1.30. The Morgan fingerprint density at radius 2 is 1.87 bits per heavy atom. The molecule has 1 aromatic heterocycles. The fraction of sp³-hybridized carbons (Fsp3) is 0.0625. The molecule has 2 aromatic carbocycles. The average molecular weight is 332 g/mol. The van der Waals surface area contributed by atoms with E-state index in [2.05, 4.69) is 15.5 Å². The van der Waals surface area contributed by atoms with E-state index in [1.54, 1.807) is 36.4 Å². The van der Waals surface area contributed by atoms with E-state index in [1.807, 2.05) is 0 Å². The predicted octanol–water partition coefficient (Wildman–Crippen LogP) is 3.46. The van der Waals surface area contributed by atoms with Crippen LogP contribution in [0.4, 0.5) is 4.39 Å². The molecule has 0 bridgehead atoms.